The topological polar surface area (TPSA) is 49.4 Å². The third-order valence-corrected chi connectivity index (χ3v) is 5.51. The number of fused-ring (bicyclic) bond motifs is 1. The van der Waals surface area contributed by atoms with Gasteiger partial charge in [-0.05, 0) is 56.1 Å². The summed E-state index contributed by atoms with van der Waals surface area (Å²) in [6.07, 6.45) is 5.42. The number of para-hydroxylation sites is 1. The van der Waals surface area contributed by atoms with E-state index < -0.39 is 0 Å². The van der Waals surface area contributed by atoms with Gasteiger partial charge in [-0.2, -0.15) is 0 Å². The molecule has 0 spiro atoms. The first-order valence-electron chi connectivity index (χ1n) is 9.73. The lowest BCUT2D eigenvalue weighted by Gasteiger charge is -2.35. The number of carbonyl (C=O) groups is 2. The quantitative estimate of drug-likeness (QED) is 0.910. The molecular formula is C21H30N2O2. The second-order valence-corrected chi connectivity index (χ2v) is 7.91. The lowest BCUT2D eigenvalue weighted by Crippen LogP contribution is -2.42. The molecule has 2 aliphatic rings. The second-order valence-electron chi connectivity index (χ2n) is 7.91. The predicted molar refractivity (Wildman–Crippen MR) is 100 cm³/mol. The van der Waals surface area contributed by atoms with Crippen molar-refractivity contribution in [2.24, 2.45) is 17.8 Å². The van der Waals surface area contributed by atoms with Gasteiger partial charge in [0.1, 0.15) is 0 Å². The average Bonchev–Trinajstić information content (AvgIpc) is 2.65. The number of amides is 2. The number of carbonyl (C=O) groups excluding carboxylic acids is 2. The first-order valence-corrected chi connectivity index (χ1v) is 9.73. The third kappa shape index (κ3) is 4.23. The molecule has 25 heavy (non-hydrogen) atoms. The fourth-order valence-electron chi connectivity index (χ4n) is 4.03. The summed E-state index contributed by atoms with van der Waals surface area (Å²) in [5.41, 5.74) is 2.37. The summed E-state index contributed by atoms with van der Waals surface area (Å²) in [7, 11) is 0. The van der Waals surface area contributed by atoms with Gasteiger partial charge in [0.15, 0.2) is 0 Å². The maximum Gasteiger partial charge on any atom is 0.230 e. The second kappa shape index (κ2) is 8.03. The Morgan fingerprint density at radius 2 is 1.80 bits per heavy atom. The Labute approximate surface area is 151 Å². The fourth-order valence-corrected chi connectivity index (χ4v) is 4.03. The molecule has 1 heterocycles. The monoisotopic (exact) mass is 342 g/mol. The minimum Gasteiger partial charge on any atom is -0.356 e. The van der Waals surface area contributed by atoms with Crippen LogP contribution in [0.25, 0.3) is 0 Å². The van der Waals surface area contributed by atoms with Crippen molar-refractivity contribution in [2.45, 2.75) is 52.4 Å². The van der Waals surface area contributed by atoms with Crippen LogP contribution in [-0.2, 0) is 16.0 Å². The van der Waals surface area contributed by atoms with E-state index in [1.807, 2.05) is 17.0 Å². The van der Waals surface area contributed by atoms with Crippen molar-refractivity contribution < 1.29 is 9.59 Å². The molecule has 1 aliphatic carbocycles. The molecule has 136 valence electrons. The number of anilines is 1. The fraction of sp³-hybridized carbons (Fsp3) is 0.619. The number of hydrogen-bond acceptors (Lipinski definition) is 2. The molecule has 4 nitrogen and oxygen atoms in total. The Bertz CT molecular complexity index is 618. The van der Waals surface area contributed by atoms with Gasteiger partial charge in [-0.1, -0.05) is 32.0 Å². The van der Waals surface area contributed by atoms with Gasteiger partial charge in [0.25, 0.3) is 0 Å². The Hall–Kier alpha value is -1.84. The van der Waals surface area contributed by atoms with E-state index in [9.17, 15) is 9.59 Å². The van der Waals surface area contributed by atoms with E-state index in [2.05, 4.69) is 31.3 Å². The summed E-state index contributed by atoms with van der Waals surface area (Å²) in [5.74, 6) is 1.05. The van der Waals surface area contributed by atoms with Crippen LogP contribution >= 0.6 is 0 Å². The Kier molecular flexibility index (Phi) is 5.77. The number of benzene rings is 1. The first kappa shape index (κ1) is 18.0. The zero-order chi connectivity index (χ0) is 17.8. The average molecular weight is 342 g/mol. The zero-order valence-electron chi connectivity index (χ0n) is 15.5. The Balaban J connectivity index is 1.57. The highest BCUT2D eigenvalue weighted by atomic mass is 16.2. The van der Waals surface area contributed by atoms with Crippen molar-refractivity contribution in [3.8, 4) is 0 Å². The summed E-state index contributed by atoms with van der Waals surface area (Å²) in [6.45, 7) is 5.77. The number of nitrogens with zero attached hydrogens (tertiary/aromatic N) is 1. The van der Waals surface area contributed by atoms with Crippen LogP contribution in [0.4, 0.5) is 5.69 Å². The molecule has 1 aliphatic heterocycles. The Morgan fingerprint density at radius 3 is 2.52 bits per heavy atom. The highest BCUT2D eigenvalue weighted by Crippen LogP contribution is 2.34. The maximum atomic E-state index is 13.0. The minimum atomic E-state index is 0.0697. The summed E-state index contributed by atoms with van der Waals surface area (Å²) in [5, 5.41) is 3.04. The highest BCUT2D eigenvalue weighted by molar-refractivity contribution is 5.96. The van der Waals surface area contributed by atoms with E-state index in [-0.39, 0.29) is 23.7 Å². The predicted octanol–water partition coefficient (Wildman–Crippen LogP) is 3.54. The van der Waals surface area contributed by atoms with E-state index >= 15 is 0 Å². The molecule has 0 radical (unpaired) electrons. The van der Waals surface area contributed by atoms with Crippen molar-refractivity contribution >= 4 is 17.5 Å². The smallest absolute Gasteiger partial charge is 0.230 e. The van der Waals surface area contributed by atoms with Gasteiger partial charge in [-0.3, -0.25) is 9.59 Å². The van der Waals surface area contributed by atoms with Crippen molar-refractivity contribution in [1.82, 2.24) is 5.32 Å². The van der Waals surface area contributed by atoms with Gasteiger partial charge in [0.2, 0.25) is 11.8 Å². The van der Waals surface area contributed by atoms with Crippen LogP contribution in [-0.4, -0.2) is 24.9 Å². The zero-order valence-corrected chi connectivity index (χ0v) is 15.5. The minimum absolute atomic E-state index is 0.0697. The van der Waals surface area contributed by atoms with Gasteiger partial charge < -0.3 is 10.2 Å². The largest absolute Gasteiger partial charge is 0.356 e. The third-order valence-electron chi connectivity index (χ3n) is 5.51. The van der Waals surface area contributed by atoms with Crippen LogP contribution in [0.5, 0.6) is 0 Å². The SMILES string of the molecule is CC(C)CNC(=O)C1CCC(C(=O)N2CCCc3ccccc32)CC1. The first-order chi connectivity index (χ1) is 12.1. The number of hydrogen-bond donors (Lipinski definition) is 1. The van der Waals surface area contributed by atoms with Crippen molar-refractivity contribution in [3.05, 3.63) is 29.8 Å². The summed E-state index contributed by atoms with van der Waals surface area (Å²) < 4.78 is 0. The van der Waals surface area contributed by atoms with Crippen LogP contribution in [0.15, 0.2) is 24.3 Å². The molecule has 1 saturated carbocycles. The molecule has 1 aromatic carbocycles. The van der Waals surface area contributed by atoms with E-state index in [1.165, 1.54) is 5.56 Å². The molecular weight excluding hydrogens is 312 g/mol. The van der Waals surface area contributed by atoms with Crippen LogP contribution in [0.2, 0.25) is 0 Å². The molecule has 0 aromatic heterocycles. The molecule has 1 N–H and O–H groups in total. The molecule has 0 atom stereocenters. The molecule has 3 rings (SSSR count). The lowest BCUT2D eigenvalue weighted by atomic mass is 9.80. The molecule has 0 unspecified atom stereocenters. The molecule has 0 saturated heterocycles. The molecule has 1 aromatic rings. The van der Waals surface area contributed by atoms with Crippen LogP contribution < -0.4 is 10.2 Å². The van der Waals surface area contributed by atoms with Crippen LogP contribution in [0.1, 0.15) is 51.5 Å². The van der Waals surface area contributed by atoms with E-state index in [4.69, 9.17) is 0 Å². The molecule has 0 bridgehead atoms. The summed E-state index contributed by atoms with van der Waals surface area (Å²) >= 11 is 0. The summed E-state index contributed by atoms with van der Waals surface area (Å²) in [4.78, 5) is 27.3. The van der Waals surface area contributed by atoms with Gasteiger partial charge in [0, 0.05) is 30.6 Å². The van der Waals surface area contributed by atoms with Crippen LogP contribution in [0, 0.1) is 17.8 Å². The number of nitrogens with one attached hydrogen (secondary N) is 1. The number of aryl methyl sites for hydroxylation is 1. The molecule has 2 amide bonds. The van der Waals surface area contributed by atoms with E-state index in [1.54, 1.807) is 0 Å². The molecule has 1 fully saturated rings. The summed E-state index contributed by atoms with van der Waals surface area (Å²) in [6, 6.07) is 8.26. The van der Waals surface area contributed by atoms with Gasteiger partial charge in [-0.25, -0.2) is 0 Å². The van der Waals surface area contributed by atoms with Gasteiger partial charge in [-0.15, -0.1) is 0 Å². The standard InChI is InChI=1S/C21H30N2O2/c1-15(2)14-22-20(24)17-9-11-18(12-10-17)21(25)23-13-5-7-16-6-3-4-8-19(16)23/h3-4,6,8,15,17-18H,5,7,9-14H2,1-2H3,(H,22,24). The normalized spacial score (nSPS) is 23.2. The Morgan fingerprint density at radius 1 is 1.12 bits per heavy atom. The van der Waals surface area contributed by atoms with Gasteiger partial charge in [0.05, 0.1) is 0 Å². The van der Waals surface area contributed by atoms with Crippen LogP contribution in [0.3, 0.4) is 0 Å². The van der Waals surface area contributed by atoms with Crippen molar-refractivity contribution in [3.63, 3.8) is 0 Å². The van der Waals surface area contributed by atoms with Crippen molar-refractivity contribution in [2.75, 3.05) is 18.0 Å². The molecule has 4 heteroatoms. The van der Waals surface area contributed by atoms with E-state index in [0.717, 1.165) is 57.3 Å². The van der Waals surface area contributed by atoms with Gasteiger partial charge >= 0.3 is 0 Å². The van der Waals surface area contributed by atoms with E-state index in [0.29, 0.717) is 5.92 Å². The van der Waals surface area contributed by atoms with Crippen molar-refractivity contribution in [1.29, 1.82) is 0 Å². The maximum absolute atomic E-state index is 13.0. The number of rotatable bonds is 4. The highest BCUT2D eigenvalue weighted by Gasteiger charge is 2.33. The lowest BCUT2D eigenvalue weighted by molar-refractivity contribution is -0.129.